The van der Waals surface area contributed by atoms with Gasteiger partial charge in [-0.25, -0.2) is 4.98 Å². The molecule has 9 nitrogen and oxygen atoms in total. The van der Waals surface area contributed by atoms with Crippen molar-refractivity contribution in [1.29, 1.82) is 0 Å². The molecule has 2 N–H and O–H groups in total. The quantitative estimate of drug-likeness (QED) is 0.648. The molecule has 2 aromatic heterocycles. The third-order valence-electron chi connectivity index (χ3n) is 5.30. The summed E-state index contributed by atoms with van der Waals surface area (Å²) in [4.78, 5) is 46.5. The van der Waals surface area contributed by atoms with Crippen molar-refractivity contribution < 1.29 is 18.7 Å². The number of hydrogen-bond donors (Lipinski definition) is 2. The number of aryl methyl sites for hydroxylation is 2. The standard InChI is InChI=1S/C22H24N4O5/c1-13-15(21(28)24-14(2)23-13)7-8-18(27)25-19-16-5-3-4-6-17(16)31-20(19)22(29)26-9-11-30-12-10-26/h3-6H,7-12H2,1-2H3,(H,25,27)(H,23,24,28). The molecule has 1 fully saturated rings. The van der Waals surface area contributed by atoms with Gasteiger partial charge in [-0.05, 0) is 32.4 Å². The normalized spacial score (nSPS) is 14.1. The summed E-state index contributed by atoms with van der Waals surface area (Å²) >= 11 is 0. The molecule has 0 saturated carbocycles. The zero-order valence-electron chi connectivity index (χ0n) is 17.5. The van der Waals surface area contributed by atoms with Gasteiger partial charge in [-0.3, -0.25) is 14.4 Å². The number of morpholine rings is 1. The molecular weight excluding hydrogens is 400 g/mol. The number of aromatic nitrogens is 2. The molecule has 162 valence electrons. The molecule has 4 rings (SSSR count). The number of ether oxygens (including phenoxy) is 1. The van der Waals surface area contributed by atoms with Gasteiger partial charge in [-0.2, -0.15) is 0 Å². The molecule has 0 atom stereocenters. The van der Waals surface area contributed by atoms with Crippen molar-refractivity contribution in [2.45, 2.75) is 26.7 Å². The Labute approximate surface area is 178 Å². The molecule has 2 amide bonds. The van der Waals surface area contributed by atoms with Crippen LogP contribution in [0.4, 0.5) is 5.69 Å². The average Bonchev–Trinajstić information content (AvgIpc) is 3.11. The van der Waals surface area contributed by atoms with Crippen LogP contribution in [-0.4, -0.2) is 53.0 Å². The van der Waals surface area contributed by atoms with E-state index in [2.05, 4.69) is 15.3 Å². The average molecular weight is 424 g/mol. The van der Waals surface area contributed by atoms with E-state index in [-0.39, 0.29) is 36.0 Å². The van der Waals surface area contributed by atoms with E-state index < -0.39 is 0 Å². The maximum Gasteiger partial charge on any atom is 0.291 e. The number of H-pyrrole nitrogens is 1. The van der Waals surface area contributed by atoms with Crippen LogP contribution >= 0.6 is 0 Å². The van der Waals surface area contributed by atoms with Crippen molar-refractivity contribution in [3.8, 4) is 0 Å². The molecule has 0 spiro atoms. The maximum atomic E-state index is 13.0. The second-order valence-electron chi connectivity index (χ2n) is 7.47. The smallest absolute Gasteiger partial charge is 0.291 e. The van der Waals surface area contributed by atoms with Gasteiger partial charge in [0.25, 0.3) is 11.5 Å². The second-order valence-corrected chi connectivity index (χ2v) is 7.47. The second kappa shape index (κ2) is 8.73. The first-order chi connectivity index (χ1) is 14.9. The third-order valence-corrected chi connectivity index (χ3v) is 5.30. The Bertz CT molecular complexity index is 1190. The number of carbonyl (C=O) groups is 2. The Hall–Kier alpha value is -3.46. The number of aromatic amines is 1. The number of amides is 2. The molecule has 0 unspecified atom stereocenters. The Morgan fingerprint density at radius 3 is 2.68 bits per heavy atom. The van der Waals surface area contributed by atoms with Gasteiger partial charge in [0.1, 0.15) is 17.1 Å². The molecule has 1 aliphatic rings. The van der Waals surface area contributed by atoms with E-state index in [4.69, 9.17) is 9.15 Å². The lowest BCUT2D eigenvalue weighted by Gasteiger charge is -2.26. The maximum absolute atomic E-state index is 13.0. The fourth-order valence-electron chi connectivity index (χ4n) is 3.72. The third kappa shape index (κ3) is 4.36. The summed E-state index contributed by atoms with van der Waals surface area (Å²) in [5.74, 6) is 0.0288. The zero-order chi connectivity index (χ0) is 22.0. The molecule has 3 aromatic rings. The van der Waals surface area contributed by atoms with Crippen LogP contribution in [-0.2, 0) is 16.0 Å². The minimum Gasteiger partial charge on any atom is -0.449 e. The number of benzene rings is 1. The van der Waals surface area contributed by atoms with Crippen LogP contribution in [0.25, 0.3) is 11.0 Å². The van der Waals surface area contributed by atoms with Crippen LogP contribution in [0, 0.1) is 13.8 Å². The van der Waals surface area contributed by atoms with Gasteiger partial charge in [-0.15, -0.1) is 0 Å². The van der Waals surface area contributed by atoms with E-state index >= 15 is 0 Å². The number of fused-ring (bicyclic) bond motifs is 1. The minimum atomic E-state index is -0.318. The van der Waals surface area contributed by atoms with Crippen LogP contribution in [0.5, 0.6) is 0 Å². The molecule has 0 bridgehead atoms. The Morgan fingerprint density at radius 2 is 1.94 bits per heavy atom. The summed E-state index contributed by atoms with van der Waals surface area (Å²) in [6, 6.07) is 7.17. The van der Waals surface area contributed by atoms with Crippen molar-refractivity contribution in [2.24, 2.45) is 0 Å². The molecule has 1 saturated heterocycles. The molecular formula is C22H24N4O5. The first kappa shape index (κ1) is 20.8. The number of carbonyl (C=O) groups excluding carboxylic acids is 2. The molecule has 1 aromatic carbocycles. The minimum absolute atomic E-state index is 0.0688. The molecule has 31 heavy (non-hydrogen) atoms. The summed E-state index contributed by atoms with van der Waals surface area (Å²) in [6.45, 7) is 5.32. The molecule has 9 heteroatoms. The summed E-state index contributed by atoms with van der Waals surface area (Å²) < 4.78 is 11.1. The Morgan fingerprint density at radius 1 is 1.19 bits per heavy atom. The van der Waals surface area contributed by atoms with Gasteiger partial charge in [0.05, 0.1) is 13.2 Å². The fraction of sp³-hybridized carbons (Fsp3) is 0.364. The van der Waals surface area contributed by atoms with E-state index in [1.165, 1.54) is 0 Å². The summed E-state index contributed by atoms with van der Waals surface area (Å²) in [5, 5.41) is 3.48. The first-order valence-electron chi connectivity index (χ1n) is 10.2. The molecule has 0 radical (unpaired) electrons. The van der Waals surface area contributed by atoms with Gasteiger partial charge in [0, 0.05) is 36.2 Å². The number of para-hydroxylation sites is 1. The number of rotatable bonds is 5. The van der Waals surface area contributed by atoms with Crippen LogP contribution in [0.1, 0.15) is 34.1 Å². The highest BCUT2D eigenvalue weighted by Crippen LogP contribution is 2.32. The summed E-state index contributed by atoms with van der Waals surface area (Å²) in [6.07, 6.45) is 0.308. The van der Waals surface area contributed by atoms with Gasteiger partial charge < -0.3 is 24.4 Å². The predicted octanol–water partition coefficient (Wildman–Crippen LogP) is 2.18. The van der Waals surface area contributed by atoms with Crippen LogP contribution in [0.3, 0.4) is 0 Å². The van der Waals surface area contributed by atoms with E-state index in [1.54, 1.807) is 36.9 Å². The van der Waals surface area contributed by atoms with E-state index in [9.17, 15) is 14.4 Å². The topological polar surface area (TPSA) is 118 Å². The lowest BCUT2D eigenvalue weighted by molar-refractivity contribution is -0.116. The number of furan rings is 1. The van der Waals surface area contributed by atoms with Crippen molar-refractivity contribution >= 4 is 28.5 Å². The first-order valence-corrected chi connectivity index (χ1v) is 10.2. The highest BCUT2D eigenvalue weighted by molar-refractivity contribution is 6.10. The molecule has 0 aliphatic carbocycles. The van der Waals surface area contributed by atoms with E-state index in [1.807, 2.05) is 6.07 Å². The largest absolute Gasteiger partial charge is 0.449 e. The van der Waals surface area contributed by atoms with Gasteiger partial charge in [0.2, 0.25) is 11.7 Å². The van der Waals surface area contributed by atoms with E-state index in [0.29, 0.717) is 60.0 Å². The summed E-state index contributed by atoms with van der Waals surface area (Å²) in [7, 11) is 0. The highest BCUT2D eigenvalue weighted by Gasteiger charge is 2.27. The summed E-state index contributed by atoms with van der Waals surface area (Å²) in [5.41, 5.74) is 1.71. The van der Waals surface area contributed by atoms with Gasteiger partial charge >= 0.3 is 0 Å². The van der Waals surface area contributed by atoms with E-state index in [0.717, 1.165) is 0 Å². The van der Waals surface area contributed by atoms with Crippen LogP contribution < -0.4 is 10.9 Å². The van der Waals surface area contributed by atoms with Crippen molar-refractivity contribution in [2.75, 3.05) is 31.6 Å². The molecule has 3 heterocycles. The van der Waals surface area contributed by atoms with Crippen molar-refractivity contribution in [1.82, 2.24) is 14.9 Å². The van der Waals surface area contributed by atoms with Crippen LogP contribution in [0.2, 0.25) is 0 Å². The predicted molar refractivity (Wildman–Crippen MR) is 114 cm³/mol. The van der Waals surface area contributed by atoms with Crippen LogP contribution in [0.15, 0.2) is 33.5 Å². The number of nitrogens with zero attached hydrogens (tertiary/aromatic N) is 2. The highest BCUT2D eigenvalue weighted by atomic mass is 16.5. The number of hydrogen-bond acceptors (Lipinski definition) is 6. The Balaban J connectivity index is 1.56. The molecule has 1 aliphatic heterocycles. The zero-order valence-corrected chi connectivity index (χ0v) is 17.5. The number of anilines is 1. The monoisotopic (exact) mass is 424 g/mol. The lowest BCUT2D eigenvalue weighted by Crippen LogP contribution is -2.40. The lowest BCUT2D eigenvalue weighted by atomic mass is 10.1. The number of nitrogens with one attached hydrogen (secondary N) is 2. The SMILES string of the molecule is Cc1nc(C)c(CCC(=O)Nc2c(C(=O)N3CCOCC3)oc3ccccc23)c(=O)[nH]1. The fourth-order valence-corrected chi connectivity index (χ4v) is 3.72. The Kier molecular flexibility index (Phi) is 5.85. The van der Waals surface area contributed by atoms with Crippen molar-refractivity contribution in [3.63, 3.8) is 0 Å². The van der Waals surface area contributed by atoms with Gasteiger partial charge in [-0.1, -0.05) is 12.1 Å². The van der Waals surface area contributed by atoms with Gasteiger partial charge in [0.15, 0.2) is 0 Å². The van der Waals surface area contributed by atoms with Crippen molar-refractivity contribution in [3.05, 3.63) is 57.5 Å².